The third-order valence-electron chi connectivity index (χ3n) is 4.42. The first-order chi connectivity index (χ1) is 8.41. The molecular weight excluding hydrogens is 281 g/mol. The fraction of sp³-hybridized carbons (Fsp3) is 0.562. The predicted molar refractivity (Wildman–Crippen MR) is 82.2 cm³/mol. The summed E-state index contributed by atoms with van der Waals surface area (Å²) in [5.41, 5.74) is 4.63. The second-order valence-electron chi connectivity index (χ2n) is 5.44. The van der Waals surface area contributed by atoms with Crippen molar-refractivity contribution in [3.63, 3.8) is 0 Å². The number of aryl methyl sites for hydroxylation is 3. The monoisotopic (exact) mass is 308 g/mol. The SMILES string of the molecule is C[CH2][Ge]([CH2]C)([CH2]C)[C](=O)c1c(C)cc(C)cc1C. The Hall–Kier alpha value is -0.567. The molecule has 100 valence electrons. The second-order valence-corrected chi connectivity index (χ2v) is 16.2. The van der Waals surface area contributed by atoms with E-state index in [9.17, 15) is 4.79 Å². The van der Waals surface area contributed by atoms with E-state index >= 15 is 0 Å². The molecule has 0 aromatic heterocycles. The summed E-state index contributed by atoms with van der Waals surface area (Å²) in [7, 11) is 0. The molecule has 0 saturated carbocycles. The first kappa shape index (κ1) is 15.5. The van der Waals surface area contributed by atoms with Crippen LogP contribution in [0.25, 0.3) is 0 Å². The molecule has 2 heteroatoms. The van der Waals surface area contributed by atoms with Crippen molar-refractivity contribution in [2.45, 2.75) is 57.3 Å². The van der Waals surface area contributed by atoms with Crippen LogP contribution in [0.4, 0.5) is 0 Å². The Morgan fingerprint density at radius 1 is 0.944 bits per heavy atom. The Kier molecular flexibility index (Phi) is 5.21. The van der Waals surface area contributed by atoms with E-state index in [-0.39, 0.29) is 0 Å². The number of hydrogen-bond acceptors (Lipinski definition) is 1. The zero-order chi connectivity index (χ0) is 13.9. The summed E-state index contributed by atoms with van der Waals surface area (Å²) in [6.45, 7) is 12.9. The molecule has 0 N–H and O–H groups in total. The van der Waals surface area contributed by atoms with Gasteiger partial charge < -0.3 is 0 Å². The van der Waals surface area contributed by atoms with Crippen LogP contribution < -0.4 is 0 Å². The van der Waals surface area contributed by atoms with Crippen molar-refractivity contribution in [1.29, 1.82) is 0 Å². The molecule has 0 atom stereocenters. The van der Waals surface area contributed by atoms with Gasteiger partial charge in [-0.2, -0.15) is 0 Å². The van der Waals surface area contributed by atoms with Crippen molar-refractivity contribution in [1.82, 2.24) is 0 Å². The Labute approximate surface area is 114 Å². The van der Waals surface area contributed by atoms with E-state index in [1.54, 1.807) is 0 Å². The Bertz CT molecular complexity index is 413. The van der Waals surface area contributed by atoms with Gasteiger partial charge in [-0.05, 0) is 0 Å². The van der Waals surface area contributed by atoms with Crippen LogP contribution in [-0.4, -0.2) is 17.9 Å². The molecule has 0 amide bonds. The third-order valence-corrected chi connectivity index (χ3v) is 15.5. The first-order valence-electron chi connectivity index (χ1n) is 7.04. The maximum atomic E-state index is 13.0. The molecule has 1 rings (SSSR count). The number of carbonyl (C=O) groups excluding carboxylic acids is 1. The summed E-state index contributed by atoms with van der Waals surface area (Å²) in [6.07, 6.45) is 0. The van der Waals surface area contributed by atoms with Gasteiger partial charge in [0.15, 0.2) is 0 Å². The maximum absolute atomic E-state index is 13.0. The Balaban J connectivity index is 3.34. The van der Waals surface area contributed by atoms with Gasteiger partial charge in [0.2, 0.25) is 0 Å². The van der Waals surface area contributed by atoms with Gasteiger partial charge in [-0.3, -0.25) is 0 Å². The van der Waals surface area contributed by atoms with E-state index in [1.807, 2.05) is 0 Å². The third kappa shape index (κ3) is 2.71. The van der Waals surface area contributed by atoms with E-state index in [0.29, 0.717) is 4.62 Å². The van der Waals surface area contributed by atoms with Crippen LogP contribution in [0.1, 0.15) is 47.8 Å². The molecule has 0 bridgehead atoms. The molecule has 0 radical (unpaired) electrons. The molecule has 0 aliphatic heterocycles. The Morgan fingerprint density at radius 3 is 1.67 bits per heavy atom. The summed E-state index contributed by atoms with van der Waals surface area (Å²) < 4.78 is 0.525. The van der Waals surface area contributed by atoms with Crippen LogP contribution in [-0.2, 0) is 0 Å². The minimum atomic E-state index is -2.34. The van der Waals surface area contributed by atoms with Crippen molar-refractivity contribution < 1.29 is 4.79 Å². The molecule has 0 aliphatic carbocycles. The molecule has 0 saturated heterocycles. The van der Waals surface area contributed by atoms with Crippen LogP contribution in [0.2, 0.25) is 15.8 Å². The van der Waals surface area contributed by atoms with Gasteiger partial charge in [0.1, 0.15) is 0 Å². The van der Waals surface area contributed by atoms with Gasteiger partial charge in [0, 0.05) is 0 Å². The van der Waals surface area contributed by atoms with Gasteiger partial charge in [-0.25, -0.2) is 0 Å². The van der Waals surface area contributed by atoms with Crippen molar-refractivity contribution in [2.24, 2.45) is 0 Å². The number of carbonyl (C=O) groups is 1. The van der Waals surface area contributed by atoms with E-state index in [2.05, 4.69) is 53.7 Å². The molecule has 18 heavy (non-hydrogen) atoms. The van der Waals surface area contributed by atoms with Crippen LogP contribution in [0.3, 0.4) is 0 Å². The zero-order valence-corrected chi connectivity index (χ0v) is 14.8. The fourth-order valence-electron chi connectivity index (χ4n) is 3.04. The van der Waals surface area contributed by atoms with Gasteiger partial charge in [0.25, 0.3) is 0 Å². The zero-order valence-electron chi connectivity index (χ0n) is 12.7. The molecule has 1 nitrogen and oxygen atoms in total. The molecule has 0 unspecified atom stereocenters. The van der Waals surface area contributed by atoms with Crippen LogP contribution in [0.15, 0.2) is 12.1 Å². The summed E-state index contributed by atoms with van der Waals surface area (Å²) in [5.74, 6) is 0. The summed E-state index contributed by atoms with van der Waals surface area (Å²) in [5, 5.41) is 3.33. The number of benzene rings is 1. The molecular formula is C16H26GeO. The van der Waals surface area contributed by atoms with Gasteiger partial charge >= 0.3 is 114 Å². The summed E-state index contributed by atoms with van der Waals surface area (Å²) in [6, 6.07) is 4.29. The predicted octanol–water partition coefficient (Wildman–Crippen LogP) is 4.84. The van der Waals surface area contributed by atoms with E-state index in [0.717, 1.165) is 21.3 Å². The molecule has 0 fully saturated rings. The molecule has 1 aromatic rings. The van der Waals surface area contributed by atoms with Gasteiger partial charge in [-0.15, -0.1) is 0 Å². The van der Waals surface area contributed by atoms with Crippen molar-refractivity contribution in [3.8, 4) is 0 Å². The molecule has 0 aliphatic rings. The number of hydrogen-bond donors (Lipinski definition) is 0. The van der Waals surface area contributed by atoms with Gasteiger partial charge in [0.05, 0.1) is 0 Å². The average Bonchev–Trinajstić information content (AvgIpc) is 2.30. The van der Waals surface area contributed by atoms with Gasteiger partial charge in [-0.1, -0.05) is 0 Å². The second kappa shape index (κ2) is 6.05. The van der Waals surface area contributed by atoms with E-state index in [4.69, 9.17) is 0 Å². The van der Waals surface area contributed by atoms with Crippen LogP contribution in [0.5, 0.6) is 0 Å². The molecule has 0 heterocycles. The molecule has 0 spiro atoms. The summed E-state index contributed by atoms with van der Waals surface area (Å²) >= 11 is -2.34. The quantitative estimate of drug-likeness (QED) is 0.711. The van der Waals surface area contributed by atoms with Crippen molar-refractivity contribution in [2.75, 3.05) is 0 Å². The van der Waals surface area contributed by atoms with Crippen molar-refractivity contribution in [3.05, 3.63) is 34.4 Å². The Morgan fingerprint density at radius 2 is 1.33 bits per heavy atom. The van der Waals surface area contributed by atoms with Crippen LogP contribution >= 0.6 is 0 Å². The van der Waals surface area contributed by atoms with Crippen LogP contribution in [0, 0.1) is 20.8 Å². The fourth-order valence-corrected chi connectivity index (χ4v) is 10.1. The average molecular weight is 307 g/mol. The van der Waals surface area contributed by atoms with E-state index < -0.39 is 13.3 Å². The normalized spacial score (nSPS) is 11.7. The summed E-state index contributed by atoms with van der Waals surface area (Å²) in [4.78, 5) is 13.0. The van der Waals surface area contributed by atoms with E-state index in [1.165, 1.54) is 16.7 Å². The standard InChI is InChI=1S/C16H26GeO/c1-7-17(8-2,9-3)16(18)15-13(5)10-12(4)11-14(15)6/h10-11H,7-9H2,1-6H3. The first-order valence-corrected chi connectivity index (χ1v) is 12.5. The molecule has 1 aromatic carbocycles. The minimum absolute atomic E-state index is 0.525. The number of rotatable bonds is 5. The van der Waals surface area contributed by atoms with Crippen molar-refractivity contribution >= 4 is 17.9 Å². The topological polar surface area (TPSA) is 17.1 Å².